The number of hydrogen-bond acceptors (Lipinski definition) is 6. The number of imide groups is 1. The Morgan fingerprint density at radius 3 is 2.42 bits per heavy atom. The van der Waals surface area contributed by atoms with Crippen molar-refractivity contribution < 1.29 is 23.9 Å². The molecule has 3 rings (SSSR count). The second kappa shape index (κ2) is 5.88. The minimum absolute atomic E-state index is 0.0971. The third-order valence-electron chi connectivity index (χ3n) is 3.87. The van der Waals surface area contributed by atoms with Crippen LogP contribution in [-0.2, 0) is 23.9 Å². The van der Waals surface area contributed by atoms with E-state index in [4.69, 9.17) is 4.74 Å². The normalized spacial score (nSPS) is 22.5. The molecule has 8 nitrogen and oxygen atoms in total. The molecule has 0 aromatic heterocycles. The van der Waals surface area contributed by atoms with Crippen LogP contribution in [-0.4, -0.2) is 47.1 Å². The molecule has 0 N–H and O–H groups in total. The minimum Gasteiger partial charge on any atom is -0.461 e. The quantitative estimate of drug-likeness (QED) is 0.588. The van der Waals surface area contributed by atoms with Crippen molar-refractivity contribution in [3.63, 3.8) is 0 Å². The van der Waals surface area contributed by atoms with Gasteiger partial charge in [-0.2, -0.15) is 5.10 Å². The summed E-state index contributed by atoms with van der Waals surface area (Å²) < 4.78 is 4.90. The van der Waals surface area contributed by atoms with Gasteiger partial charge in [-0.1, -0.05) is 18.2 Å². The first-order valence-electron chi connectivity index (χ1n) is 7.45. The molecule has 3 amide bonds. The summed E-state index contributed by atoms with van der Waals surface area (Å²) in [5.74, 6) is -3.64. The molecule has 0 saturated carbocycles. The smallest absolute Gasteiger partial charge is 0.355 e. The molecule has 1 fully saturated rings. The Hall–Kier alpha value is -3.03. The summed E-state index contributed by atoms with van der Waals surface area (Å²) in [6.45, 7) is 2.93. The number of carbonyl (C=O) groups excluding carboxylic acids is 4. The average Bonchev–Trinajstić information content (AvgIpc) is 3.07. The number of fused-ring (bicyclic) bond motifs is 1. The Bertz CT molecular complexity index is 758. The highest BCUT2D eigenvalue weighted by molar-refractivity contribution is 6.47. The van der Waals surface area contributed by atoms with Crippen molar-refractivity contribution in [2.75, 3.05) is 11.5 Å². The van der Waals surface area contributed by atoms with Crippen LogP contribution in [0.15, 0.2) is 35.4 Å². The zero-order chi connectivity index (χ0) is 17.4. The first kappa shape index (κ1) is 15.9. The van der Waals surface area contributed by atoms with Gasteiger partial charge < -0.3 is 4.74 Å². The molecule has 24 heavy (non-hydrogen) atoms. The lowest BCUT2D eigenvalue weighted by Gasteiger charge is -2.19. The SMILES string of the molecule is CCOC(=O)C1=NN(C(C)=O)[C@@H]2C(=O)N(c3ccccc3)C(=O)[C@H]12. The van der Waals surface area contributed by atoms with E-state index in [1.54, 1.807) is 37.3 Å². The fraction of sp³-hybridized carbons (Fsp3) is 0.312. The lowest BCUT2D eigenvalue weighted by molar-refractivity contribution is -0.136. The van der Waals surface area contributed by atoms with Crippen LogP contribution in [0.1, 0.15) is 13.8 Å². The molecule has 0 aliphatic carbocycles. The lowest BCUT2D eigenvalue weighted by atomic mass is 9.98. The summed E-state index contributed by atoms with van der Waals surface area (Å²) in [6.07, 6.45) is 0. The minimum atomic E-state index is -1.14. The maximum absolute atomic E-state index is 12.8. The van der Waals surface area contributed by atoms with Crippen molar-refractivity contribution in [1.29, 1.82) is 0 Å². The Balaban J connectivity index is 2.03. The van der Waals surface area contributed by atoms with Gasteiger partial charge in [0.25, 0.3) is 5.91 Å². The van der Waals surface area contributed by atoms with Crippen molar-refractivity contribution >= 4 is 35.1 Å². The van der Waals surface area contributed by atoms with E-state index in [0.717, 1.165) is 9.91 Å². The molecule has 0 radical (unpaired) electrons. The highest BCUT2D eigenvalue weighted by atomic mass is 16.5. The number of hydrogen-bond donors (Lipinski definition) is 0. The Morgan fingerprint density at radius 1 is 1.17 bits per heavy atom. The zero-order valence-corrected chi connectivity index (χ0v) is 13.1. The van der Waals surface area contributed by atoms with E-state index in [1.807, 2.05) is 0 Å². The molecule has 1 aromatic rings. The largest absolute Gasteiger partial charge is 0.461 e. The van der Waals surface area contributed by atoms with E-state index < -0.39 is 35.7 Å². The van der Waals surface area contributed by atoms with Gasteiger partial charge in [-0.3, -0.25) is 14.4 Å². The summed E-state index contributed by atoms with van der Waals surface area (Å²) in [5.41, 5.74) is 0.169. The van der Waals surface area contributed by atoms with Crippen molar-refractivity contribution in [2.24, 2.45) is 11.0 Å². The molecule has 1 aromatic carbocycles. The van der Waals surface area contributed by atoms with Crippen LogP contribution in [0.3, 0.4) is 0 Å². The standard InChI is InChI=1S/C16H15N3O5/c1-3-24-16(23)12-11-13(19(17-12)9(2)20)15(22)18(14(11)21)10-7-5-4-6-8-10/h4-8,11,13H,3H2,1-2H3/t11-,13+/m1/s1. The zero-order valence-electron chi connectivity index (χ0n) is 13.1. The van der Waals surface area contributed by atoms with Gasteiger partial charge in [0, 0.05) is 6.92 Å². The average molecular weight is 329 g/mol. The summed E-state index contributed by atoms with van der Waals surface area (Å²) in [4.78, 5) is 50.3. The number of ether oxygens (including phenoxy) is 1. The van der Waals surface area contributed by atoms with E-state index in [1.165, 1.54) is 6.92 Å². The molecular formula is C16H15N3O5. The van der Waals surface area contributed by atoms with Gasteiger partial charge in [0.05, 0.1) is 12.3 Å². The number of anilines is 1. The second-order valence-electron chi connectivity index (χ2n) is 5.34. The predicted octanol–water partition coefficient (Wildman–Crippen LogP) is 0.326. The Labute approximate surface area is 137 Å². The van der Waals surface area contributed by atoms with E-state index in [0.29, 0.717) is 5.69 Å². The molecule has 2 aliphatic rings. The van der Waals surface area contributed by atoms with E-state index in [9.17, 15) is 19.2 Å². The maximum Gasteiger partial charge on any atom is 0.355 e. The first-order valence-corrected chi connectivity index (χ1v) is 7.45. The van der Waals surface area contributed by atoms with Crippen molar-refractivity contribution in [3.8, 4) is 0 Å². The fourth-order valence-electron chi connectivity index (χ4n) is 2.88. The number of benzene rings is 1. The third kappa shape index (κ3) is 2.27. The van der Waals surface area contributed by atoms with Crippen LogP contribution >= 0.6 is 0 Å². The summed E-state index contributed by atoms with van der Waals surface area (Å²) in [6, 6.07) is 7.20. The number of para-hydroxylation sites is 1. The van der Waals surface area contributed by atoms with E-state index in [2.05, 4.69) is 5.10 Å². The van der Waals surface area contributed by atoms with Crippen molar-refractivity contribution in [1.82, 2.24) is 5.01 Å². The molecule has 2 atom stereocenters. The van der Waals surface area contributed by atoms with Gasteiger partial charge in [-0.25, -0.2) is 14.7 Å². The lowest BCUT2D eigenvalue weighted by Crippen LogP contribution is -2.41. The van der Waals surface area contributed by atoms with Crippen LogP contribution in [0, 0.1) is 5.92 Å². The number of amides is 3. The maximum atomic E-state index is 12.8. The van der Waals surface area contributed by atoms with E-state index in [-0.39, 0.29) is 12.3 Å². The van der Waals surface area contributed by atoms with Crippen LogP contribution in [0.5, 0.6) is 0 Å². The number of nitrogens with zero attached hydrogens (tertiary/aromatic N) is 3. The van der Waals surface area contributed by atoms with Crippen LogP contribution in [0.2, 0.25) is 0 Å². The molecule has 2 aliphatic heterocycles. The van der Waals surface area contributed by atoms with Crippen LogP contribution in [0.4, 0.5) is 5.69 Å². The molecular weight excluding hydrogens is 314 g/mol. The molecule has 124 valence electrons. The van der Waals surface area contributed by atoms with Crippen molar-refractivity contribution in [2.45, 2.75) is 19.9 Å². The van der Waals surface area contributed by atoms with Crippen molar-refractivity contribution in [3.05, 3.63) is 30.3 Å². The molecule has 0 bridgehead atoms. The molecule has 0 unspecified atom stereocenters. The summed E-state index contributed by atoms with van der Waals surface area (Å²) in [7, 11) is 0. The monoisotopic (exact) mass is 329 g/mol. The third-order valence-corrected chi connectivity index (χ3v) is 3.87. The van der Waals surface area contributed by atoms with E-state index >= 15 is 0 Å². The Morgan fingerprint density at radius 2 is 1.83 bits per heavy atom. The van der Waals surface area contributed by atoms with Gasteiger partial charge in [0.2, 0.25) is 11.8 Å². The van der Waals surface area contributed by atoms with Crippen LogP contribution < -0.4 is 4.90 Å². The highest BCUT2D eigenvalue weighted by Gasteiger charge is 2.59. The molecule has 0 spiro atoms. The summed E-state index contributed by atoms with van der Waals surface area (Å²) in [5, 5.41) is 4.77. The van der Waals surface area contributed by atoms with Gasteiger partial charge in [0.15, 0.2) is 11.8 Å². The summed E-state index contributed by atoms with van der Waals surface area (Å²) >= 11 is 0. The molecule has 1 saturated heterocycles. The molecule has 2 heterocycles. The first-order chi connectivity index (χ1) is 11.5. The molecule has 8 heteroatoms. The number of rotatable bonds is 3. The number of hydrazone groups is 1. The Kier molecular flexibility index (Phi) is 3.88. The predicted molar refractivity (Wildman–Crippen MR) is 82.8 cm³/mol. The van der Waals surface area contributed by atoms with Gasteiger partial charge in [-0.15, -0.1) is 0 Å². The fourth-order valence-corrected chi connectivity index (χ4v) is 2.88. The second-order valence-corrected chi connectivity index (χ2v) is 5.34. The highest BCUT2D eigenvalue weighted by Crippen LogP contribution is 2.35. The number of esters is 1. The van der Waals surface area contributed by atoms with Gasteiger partial charge >= 0.3 is 5.97 Å². The van der Waals surface area contributed by atoms with Gasteiger partial charge in [0.1, 0.15) is 5.92 Å². The topological polar surface area (TPSA) is 96.3 Å². The van der Waals surface area contributed by atoms with Crippen LogP contribution in [0.25, 0.3) is 0 Å². The van der Waals surface area contributed by atoms with Gasteiger partial charge in [-0.05, 0) is 19.1 Å². The number of carbonyl (C=O) groups is 4.